The third kappa shape index (κ3) is 15.0. The van der Waals surface area contributed by atoms with Crippen LogP contribution in [0.4, 0.5) is 0 Å². The van der Waals surface area contributed by atoms with Crippen molar-refractivity contribution in [1.82, 2.24) is 9.80 Å². The number of hydrogen-bond acceptors (Lipinski definition) is 6. The van der Waals surface area contributed by atoms with Crippen molar-refractivity contribution in [2.75, 3.05) is 40.3 Å². The maximum atomic E-state index is 12.6. The lowest BCUT2D eigenvalue weighted by atomic mass is 9.96. The molecule has 0 unspecified atom stereocenters. The second-order valence-electron chi connectivity index (χ2n) is 11.6. The first kappa shape index (κ1) is 35.5. The number of rotatable bonds is 23. The molecule has 2 aromatic carbocycles. The average Bonchev–Trinajstić information content (AvgIpc) is 2.99. The van der Waals surface area contributed by atoms with Crippen LogP contribution in [0.5, 0.6) is 0 Å². The summed E-state index contributed by atoms with van der Waals surface area (Å²) in [6.45, 7) is 7.25. The Bertz CT molecular complexity index is 943. The highest BCUT2D eigenvalue weighted by molar-refractivity contribution is 5.74. The Hall–Kier alpha value is -2.70. The first-order valence-corrected chi connectivity index (χ1v) is 16.3. The predicted molar refractivity (Wildman–Crippen MR) is 173 cm³/mol. The molecule has 0 spiro atoms. The summed E-state index contributed by atoms with van der Waals surface area (Å²) in [4.78, 5) is 29.2. The number of carbonyl (C=O) groups excluding carboxylic acids is 2. The fraction of sp³-hybridized carbons (Fsp3) is 0.611. The zero-order valence-electron chi connectivity index (χ0n) is 26.9. The number of esters is 2. The van der Waals surface area contributed by atoms with Crippen molar-refractivity contribution >= 4 is 11.9 Å². The Morgan fingerprint density at radius 2 is 0.905 bits per heavy atom. The van der Waals surface area contributed by atoms with Gasteiger partial charge in [0.25, 0.3) is 0 Å². The van der Waals surface area contributed by atoms with E-state index in [-0.39, 0.29) is 38.2 Å². The van der Waals surface area contributed by atoms with E-state index in [0.29, 0.717) is 0 Å². The quantitative estimate of drug-likeness (QED) is 0.0980. The number of hydrogen-bond donors (Lipinski definition) is 0. The van der Waals surface area contributed by atoms with Crippen LogP contribution in [0.1, 0.15) is 102 Å². The summed E-state index contributed by atoms with van der Waals surface area (Å²) >= 11 is 0. The van der Waals surface area contributed by atoms with Crippen LogP contribution in [-0.4, -0.2) is 62.0 Å². The van der Waals surface area contributed by atoms with E-state index in [1.165, 1.54) is 64.2 Å². The van der Waals surface area contributed by atoms with Gasteiger partial charge in [0.2, 0.25) is 0 Å². The zero-order chi connectivity index (χ0) is 30.4. The van der Waals surface area contributed by atoms with Crippen LogP contribution >= 0.6 is 0 Å². The van der Waals surface area contributed by atoms with Crippen molar-refractivity contribution in [3.05, 3.63) is 59.7 Å². The molecule has 0 bridgehead atoms. The van der Waals surface area contributed by atoms with Gasteiger partial charge in [-0.2, -0.15) is 0 Å². The molecule has 0 heterocycles. The molecule has 0 radical (unpaired) electrons. The molecule has 2 aromatic rings. The molecule has 2 rings (SSSR count). The minimum atomic E-state index is -0.217. The van der Waals surface area contributed by atoms with Gasteiger partial charge in [-0.15, -0.1) is 0 Å². The van der Waals surface area contributed by atoms with Gasteiger partial charge in [0, 0.05) is 0 Å². The third-order valence-electron chi connectivity index (χ3n) is 7.69. The van der Waals surface area contributed by atoms with Crippen LogP contribution in [0, 0.1) is 0 Å². The molecule has 0 aromatic heterocycles. The summed E-state index contributed by atoms with van der Waals surface area (Å²) in [6, 6.07) is 15.9. The van der Waals surface area contributed by atoms with E-state index in [2.05, 4.69) is 13.8 Å². The van der Waals surface area contributed by atoms with Crippen molar-refractivity contribution in [3.8, 4) is 11.1 Å². The lowest BCUT2D eigenvalue weighted by Gasteiger charge is -2.18. The van der Waals surface area contributed by atoms with Gasteiger partial charge in [0.05, 0.1) is 13.1 Å². The van der Waals surface area contributed by atoms with Gasteiger partial charge >= 0.3 is 11.9 Å². The van der Waals surface area contributed by atoms with Gasteiger partial charge in [-0.3, -0.25) is 19.4 Å². The van der Waals surface area contributed by atoms with Crippen molar-refractivity contribution in [3.63, 3.8) is 0 Å². The number of carbonyl (C=O) groups is 2. The van der Waals surface area contributed by atoms with Crippen molar-refractivity contribution in [1.29, 1.82) is 0 Å². The Morgan fingerprint density at radius 3 is 1.31 bits per heavy atom. The summed E-state index contributed by atoms with van der Waals surface area (Å²) in [5, 5.41) is 0. The smallest absolute Gasteiger partial charge is 0.320 e. The van der Waals surface area contributed by atoms with Gasteiger partial charge in [0.15, 0.2) is 0 Å². The second-order valence-corrected chi connectivity index (χ2v) is 11.6. The first-order chi connectivity index (χ1) is 20.4. The molecule has 6 nitrogen and oxygen atoms in total. The molecule has 0 aliphatic carbocycles. The standard InChI is InChI=1S/C36H56N2O4/c1-5-7-9-11-13-19-25-37(3)27-35(39)41-29-31-21-15-17-23-33(31)34-24-18-16-22-32(34)30-42-36(40)28-38(4)26-20-14-12-10-8-6-2/h15-18,21-24H,5-14,19-20,25-30H2,1-4H3. The van der Waals surface area contributed by atoms with Gasteiger partial charge in [0.1, 0.15) is 13.2 Å². The maximum absolute atomic E-state index is 12.6. The molecular formula is C36H56N2O4. The van der Waals surface area contributed by atoms with Crippen LogP contribution in [0.3, 0.4) is 0 Å². The molecule has 0 atom stereocenters. The van der Waals surface area contributed by atoms with Gasteiger partial charge in [-0.25, -0.2) is 0 Å². The van der Waals surface area contributed by atoms with Crippen LogP contribution in [0.25, 0.3) is 11.1 Å². The van der Waals surface area contributed by atoms with Gasteiger partial charge in [-0.05, 0) is 62.3 Å². The van der Waals surface area contributed by atoms with E-state index in [4.69, 9.17) is 9.47 Å². The maximum Gasteiger partial charge on any atom is 0.320 e. The minimum absolute atomic E-state index is 0.206. The predicted octanol–water partition coefficient (Wildman–Crippen LogP) is 8.02. The Morgan fingerprint density at radius 1 is 0.548 bits per heavy atom. The molecule has 0 N–H and O–H groups in total. The molecule has 0 amide bonds. The van der Waals surface area contributed by atoms with E-state index in [1.54, 1.807) is 0 Å². The topological polar surface area (TPSA) is 59.1 Å². The molecule has 42 heavy (non-hydrogen) atoms. The first-order valence-electron chi connectivity index (χ1n) is 16.3. The lowest BCUT2D eigenvalue weighted by molar-refractivity contribution is -0.146. The third-order valence-corrected chi connectivity index (χ3v) is 7.69. The number of nitrogens with zero attached hydrogens (tertiary/aromatic N) is 2. The summed E-state index contributed by atoms with van der Waals surface area (Å²) in [7, 11) is 3.95. The number of ether oxygens (including phenoxy) is 2. The highest BCUT2D eigenvalue weighted by atomic mass is 16.5. The molecule has 234 valence electrons. The number of unbranched alkanes of at least 4 members (excludes halogenated alkanes) is 10. The summed E-state index contributed by atoms with van der Waals surface area (Å²) in [6.07, 6.45) is 14.9. The number of benzene rings is 2. The van der Waals surface area contributed by atoms with Gasteiger partial charge in [-0.1, -0.05) is 127 Å². The number of likely N-dealkylation sites (N-methyl/N-ethyl adjacent to an activating group) is 2. The Kier molecular flexibility index (Phi) is 18.5. The average molecular weight is 581 g/mol. The van der Waals surface area contributed by atoms with Crippen LogP contribution < -0.4 is 0 Å². The largest absolute Gasteiger partial charge is 0.460 e. The molecule has 0 saturated heterocycles. The summed E-state index contributed by atoms with van der Waals surface area (Å²) in [5.74, 6) is -0.434. The summed E-state index contributed by atoms with van der Waals surface area (Å²) in [5.41, 5.74) is 3.83. The molecular weight excluding hydrogens is 524 g/mol. The van der Waals surface area contributed by atoms with Gasteiger partial charge < -0.3 is 9.47 Å². The normalized spacial score (nSPS) is 11.3. The van der Waals surface area contributed by atoms with Crippen LogP contribution in [0.2, 0.25) is 0 Å². The summed E-state index contributed by atoms with van der Waals surface area (Å²) < 4.78 is 11.4. The second kappa shape index (κ2) is 21.9. The van der Waals surface area contributed by atoms with Crippen LogP contribution in [0.15, 0.2) is 48.5 Å². The molecule has 6 heteroatoms. The van der Waals surface area contributed by atoms with Crippen LogP contribution in [-0.2, 0) is 32.3 Å². The molecule has 0 aliphatic rings. The minimum Gasteiger partial charge on any atom is -0.460 e. The van der Waals surface area contributed by atoms with E-state index < -0.39 is 0 Å². The van der Waals surface area contributed by atoms with Crippen molar-refractivity contribution in [2.24, 2.45) is 0 Å². The van der Waals surface area contributed by atoms with Crippen molar-refractivity contribution in [2.45, 2.75) is 104 Å². The zero-order valence-corrected chi connectivity index (χ0v) is 26.9. The highest BCUT2D eigenvalue weighted by Crippen LogP contribution is 2.28. The fourth-order valence-electron chi connectivity index (χ4n) is 5.15. The Labute approximate surface area is 255 Å². The molecule has 0 saturated carbocycles. The highest BCUT2D eigenvalue weighted by Gasteiger charge is 2.14. The molecule has 0 fully saturated rings. The van der Waals surface area contributed by atoms with Crippen molar-refractivity contribution < 1.29 is 19.1 Å². The van der Waals surface area contributed by atoms with E-state index in [0.717, 1.165) is 48.2 Å². The Balaban J connectivity index is 1.84. The van der Waals surface area contributed by atoms with E-state index in [1.807, 2.05) is 72.4 Å². The molecule has 0 aliphatic heterocycles. The SMILES string of the molecule is CCCCCCCCN(C)CC(=O)OCc1ccccc1-c1ccccc1COC(=O)CN(C)CCCCCCCC. The van der Waals surface area contributed by atoms with E-state index in [9.17, 15) is 9.59 Å². The monoisotopic (exact) mass is 580 g/mol. The lowest BCUT2D eigenvalue weighted by Crippen LogP contribution is -2.28. The fourth-order valence-corrected chi connectivity index (χ4v) is 5.15. The van der Waals surface area contributed by atoms with E-state index >= 15 is 0 Å².